The van der Waals surface area contributed by atoms with E-state index >= 15 is 0 Å². The Kier molecular flexibility index (Phi) is 4.22. The van der Waals surface area contributed by atoms with Crippen LogP contribution in [-0.4, -0.2) is 18.5 Å². The molecule has 1 amide bonds. The molecule has 3 nitrogen and oxygen atoms in total. The highest BCUT2D eigenvalue weighted by molar-refractivity contribution is 5.76. The van der Waals surface area contributed by atoms with Gasteiger partial charge in [-0.05, 0) is 32.1 Å². The van der Waals surface area contributed by atoms with Gasteiger partial charge in [0.1, 0.15) is 0 Å². The molecule has 1 fully saturated rings. The number of hydrogen-bond acceptors (Lipinski definition) is 2. The molecular formula is C10H20N2O. The first-order valence-electron chi connectivity index (χ1n) is 5.24. The summed E-state index contributed by atoms with van der Waals surface area (Å²) in [4.78, 5) is 11.3. The zero-order valence-corrected chi connectivity index (χ0v) is 8.38. The molecule has 0 saturated heterocycles. The van der Waals surface area contributed by atoms with Crippen LogP contribution in [0.4, 0.5) is 0 Å². The lowest BCUT2D eigenvalue weighted by atomic mass is 9.84. The first kappa shape index (κ1) is 10.5. The Hall–Kier alpha value is -0.570. The number of carbonyl (C=O) groups excluding carboxylic acids is 1. The molecule has 2 atom stereocenters. The van der Waals surface area contributed by atoms with Crippen LogP contribution in [-0.2, 0) is 4.79 Å². The van der Waals surface area contributed by atoms with Gasteiger partial charge in [-0.15, -0.1) is 0 Å². The van der Waals surface area contributed by atoms with Gasteiger partial charge in [0.25, 0.3) is 0 Å². The molecule has 0 spiro atoms. The predicted octanol–water partition coefficient (Wildman–Crippen LogP) is 1.03. The van der Waals surface area contributed by atoms with E-state index in [1.807, 2.05) is 6.92 Å². The summed E-state index contributed by atoms with van der Waals surface area (Å²) >= 11 is 0. The Labute approximate surface area is 80.1 Å². The lowest BCUT2D eigenvalue weighted by Crippen LogP contribution is -2.31. The minimum atomic E-state index is 0.182. The molecular weight excluding hydrogens is 164 g/mol. The van der Waals surface area contributed by atoms with Crippen LogP contribution in [0.5, 0.6) is 0 Å². The molecule has 0 aromatic heterocycles. The quantitative estimate of drug-likeness (QED) is 0.688. The van der Waals surface area contributed by atoms with Crippen molar-refractivity contribution in [3.05, 3.63) is 0 Å². The molecule has 1 rings (SSSR count). The Balaban J connectivity index is 2.23. The summed E-state index contributed by atoms with van der Waals surface area (Å²) in [5.41, 5.74) is 5.84. The largest absolute Gasteiger partial charge is 0.356 e. The molecule has 0 aliphatic heterocycles. The highest BCUT2D eigenvalue weighted by Gasteiger charge is 2.21. The van der Waals surface area contributed by atoms with E-state index in [0.29, 0.717) is 18.4 Å². The smallest absolute Gasteiger partial charge is 0.220 e. The van der Waals surface area contributed by atoms with Gasteiger partial charge in [-0.3, -0.25) is 4.79 Å². The van der Waals surface area contributed by atoms with Crippen LogP contribution >= 0.6 is 0 Å². The van der Waals surface area contributed by atoms with Gasteiger partial charge in [-0.25, -0.2) is 0 Å². The number of rotatable bonds is 3. The van der Waals surface area contributed by atoms with E-state index in [9.17, 15) is 4.79 Å². The summed E-state index contributed by atoms with van der Waals surface area (Å²) in [6.07, 6.45) is 5.18. The maximum atomic E-state index is 11.3. The summed E-state index contributed by atoms with van der Waals surface area (Å²) in [5, 5.41) is 2.83. The topological polar surface area (TPSA) is 55.1 Å². The van der Waals surface area contributed by atoms with E-state index in [2.05, 4.69) is 5.32 Å². The van der Waals surface area contributed by atoms with E-state index < -0.39 is 0 Å². The third-order valence-corrected chi connectivity index (χ3v) is 2.67. The fourth-order valence-corrected chi connectivity index (χ4v) is 2.05. The fourth-order valence-electron chi connectivity index (χ4n) is 2.05. The minimum absolute atomic E-state index is 0.182. The Morgan fingerprint density at radius 1 is 1.54 bits per heavy atom. The van der Waals surface area contributed by atoms with Crippen molar-refractivity contribution in [1.82, 2.24) is 5.32 Å². The summed E-state index contributed by atoms with van der Waals surface area (Å²) in [5.74, 6) is 0.705. The maximum Gasteiger partial charge on any atom is 0.220 e. The maximum absolute atomic E-state index is 11.3. The van der Waals surface area contributed by atoms with Crippen LogP contribution in [0.2, 0.25) is 0 Å². The van der Waals surface area contributed by atoms with Crippen molar-refractivity contribution in [3.8, 4) is 0 Å². The first-order valence-corrected chi connectivity index (χ1v) is 5.24. The van der Waals surface area contributed by atoms with Crippen LogP contribution < -0.4 is 11.1 Å². The van der Waals surface area contributed by atoms with Gasteiger partial charge in [0.05, 0.1) is 0 Å². The van der Waals surface area contributed by atoms with Gasteiger partial charge in [0.2, 0.25) is 5.91 Å². The number of nitrogens with one attached hydrogen (secondary N) is 1. The molecule has 2 unspecified atom stereocenters. The van der Waals surface area contributed by atoms with Crippen LogP contribution in [0, 0.1) is 5.92 Å². The van der Waals surface area contributed by atoms with Crippen molar-refractivity contribution in [1.29, 1.82) is 0 Å². The normalized spacial score (nSPS) is 28.5. The monoisotopic (exact) mass is 184 g/mol. The first-order chi connectivity index (χ1) is 6.22. The number of carbonyl (C=O) groups is 1. The summed E-state index contributed by atoms with van der Waals surface area (Å²) < 4.78 is 0. The van der Waals surface area contributed by atoms with Crippen LogP contribution in [0.25, 0.3) is 0 Å². The van der Waals surface area contributed by atoms with Crippen molar-refractivity contribution in [2.75, 3.05) is 6.54 Å². The van der Waals surface area contributed by atoms with Gasteiger partial charge in [-0.1, -0.05) is 6.42 Å². The fraction of sp³-hybridized carbons (Fsp3) is 0.900. The zero-order chi connectivity index (χ0) is 9.68. The summed E-state index contributed by atoms with van der Waals surface area (Å²) in [6, 6.07) is 0.327. The van der Waals surface area contributed by atoms with Gasteiger partial charge < -0.3 is 11.1 Å². The molecule has 1 aliphatic carbocycles. The Morgan fingerprint density at radius 3 is 2.92 bits per heavy atom. The van der Waals surface area contributed by atoms with Crippen molar-refractivity contribution in [2.24, 2.45) is 11.7 Å². The van der Waals surface area contributed by atoms with Crippen molar-refractivity contribution >= 4 is 5.91 Å². The van der Waals surface area contributed by atoms with Crippen molar-refractivity contribution in [3.63, 3.8) is 0 Å². The Morgan fingerprint density at radius 2 is 2.31 bits per heavy atom. The summed E-state index contributed by atoms with van der Waals surface area (Å²) in [6.45, 7) is 2.68. The third kappa shape index (κ3) is 3.77. The van der Waals surface area contributed by atoms with E-state index in [-0.39, 0.29) is 5.91 Å². The van der Waals surface area contributed by atoms with Gasteiger partial charge in [0.15, 0.2) is 0 Å². The third-order valence-electron chi connectivity index (χ3n) is 2.67. The van der Waals surface area contributed by atoms with Crippen LogP contribution in [0.15, 0.2) is 0 Å². The number of hydrogen-bond donors (Lipinski definition) is 2. The molecule has 76 valence electrons. The lowest BCUT2D eigenvalue weighted by molar-refractivity contribution is -0.122. The SMILES string of the molecule is CCNC(=O)CC1CCCC(N)C1. The molecule has 13 heavy (non-hydrogen) atoms. The standard InChI is InChI=1S/C10H20N2O/c1-2-12-10(13)7-8-4-3-5-9(11)6-8/h8-9H,2-7,11H2,1H3,(H,12,13). The molecule has 0 bridgehead atoms. The predicted molar refractivity (Wildman–Crippen MR) is 53.2 cm³/mol. The number of amides is 1. The molecule has 3 heteroatoms. The van der Waals surface area contributed by atoms with E-state index in [1.54, 1.807) is 0 Å². The van der Waals surface area contributed by atoms with E-state index in [4.69, 9.17) is 5.73 Å². The van der Waals surface area contributed by atoms with Crippen LogP contribution in [0.3, 0.4) is 0 Å². The van der Waals surface area contributed by atoms with Gasteiger partial charge >= 0.3 is 0 Å². The second kappa shape index (κ2) is 5.22. The second-order valence-electron chi connectivity index (χ2n) is 3.95. The molecule has 3 N–H and O–H groups in total. The average molecular weight is 184 g/mol. The molecule has 0 aromatic rings. The summed E-state index contributed by atoms with van der Waals surface area (Å²) in [7, 11) is 0. The lowest BCUT2D eigenvalue weighted by Gasteiger charge is -2.25. The molecule has 1 aliphatic rings. The average Bonchev–Trinajstić information content (AvgIpc) is 2.04. The second-order valence-corrected chi connectivity index (χ2v) is 3.95. The molecule has 1 saturated carbocycles. The number of nitrogens with two attached hydrogens (primary N) is 1. The molecule has 0 heterocycles. The molecule has 0 radical (unpaired) electrons. The van der Waals surface area contributed by atoms with E-state index in [1.165, 1.54) is 12.8 Å². The Bertz CT molecular complexity index is 170. The van der Waals surface area contributed by atoms with Crippen LogP contribution in [0.1, 0.15) is 39.0 Å². The van der Waals surface area contributed by atoms with Crippen molar-refractivity contribution < 1.29 is 4.79 Å². The molecule has 0 aromatic carbocycles. The van der Waals surface area contributed by atoms with Gasteiger partial charge in [-0.2, -0.15) is 0 Å². The van der Waals surface area contributed by atoms with E-state index in [0.717, 1.165) is 19.4 Å². The van der Waals surface area contributed by atoms with Crippen molar-refractivity contribution in [2.45, 2.75) is 45.1 Å². The minimum Gasteiger partial charge on any atom is -0.356 e. The van der Waals surface area contributed by atoms with Gasteiger partial charge in [0, 0.05) is 19.0 Å². The zero-order valence-electron chi connectivity index (χ0n) is 8.38. The highest BCUT2D eigenvalue weighted by atomic mass is 16.1. The highest BCUT2D eigenvalue weighted by Crippen LogP contribution is 2.25.